The number of anilines is 1. The molecule has 1 aromatic rings. The van der Waals surface area contributed by atoms with Gasteiger partial charge >= 0.3 is 0 Å². The molecular weight excluding hydrogens is 326 g/mol. The first-order valence-electron chi connectivity index (χ1n) is 6.48. The van der Waals surface area contributed by atoms with Gasteiger partial charge in [-0.1, -0.05) is 12.8 Å². The molecule has 0 atom stereocenters. The lowest BCUT2D eigenvalue weighted by Crippen LogP contribution is -2.11. The van der Waals surface area contributed by atoms with Crippen molar-refractivity contribution in [2.24, 2.45) is 5.73 Å². The number of nitrogens with one attached hydrogen (secondary N) is 1. The lowest BCUT2D eigenvalue weighted by molar-refractivity contribution is -0.385. The predicted molar refractivity (Wildman–Crippen MR) is 81.6 cm³/mol. The molecule has 1 rings (SSSR count). The number of nitro benzene ring substituents is 1. The van der Waals surface area contributed by atoms with Crippen LogP contribution in [0.4, 0.5) is 11.4 Å². The minimum Gasteiger partial charge on any atom is -0.330 e. The molecular formula is C13H18BrN3O3. The summed E-state index contributed by atoms with van der Waals surface area (Å²) >= 11 is 3.11. The SMILES string of the molecule is NCCCCCCC(=O)Nc1ccc([N+](=O)[O-])c(Br)c1. The lowest BCUT2D eigenvalue weighted by atomic mass is 10.1. The van der Waals surface area contributed by atoms with Crippen LogP contribution in [0.1, 0.15) is 32.1 Å². The zero-order valence-electron chi connectivity index (χ0n) is 11.1. The summed E-state index contributed by atoms with van der Waals surface area (Å²) in [6.07, 6.45) is 4.26. The fraction of sp³-hybridized carbons (Fsp3) is 0.462. The van der Waals surface area contributed by atoms with E-state index in [1.165, 1.54) is 18.2 Å². The third-order valence-corrected chi connectivity index (χ3v) is 3.42. The Morgan fingerprint density at radius 2 is 2.00 bits per heavy atom. The highest BCUT2D eigenvalue weighted by Gasteiger charge is 2.12. The van der Waals surface area contributed by atoms with Crippen LogP contribution in [0.5, 0.6) is 0 Å². The molecule has 0 unspecified atom stereocenters. The van der Waals surface area contributed by atoms with Crippen molar-refractivity contribution < 1.29 is 9.72 Å². The second-order valence-electron chi connectivity index (χ2n) is 4.42. The van der Waals surface area contributed by atoms with Gasteiger partial charge in [0.15, 0.2) is 0 Å². The number of amides is 1. The van der Waals surface area contributed by atoms with Gasteiger partial charge in [-0.25, -0.2) is 0 Å². The van der Waals surface area contributed by atoms with Crippen molar-refractivity contribution in [2.75, 3.05) is 11.9 Å². The van der Waals surface area contributed by atoms with Crippen molar-refractivity contribution >= 4 is 33.2 Å². The summed E-state index contributed by atoms with van der Waals surface area (Å²) in [5, 5.41) is 13.4. The number of nitrogens with zero attached hydrogens (tertiary/aromatic N) is 1. The number of rotatable bonds is 8. The molecule has 0 saturated carbocycles. The molecule has 0 bridgehead atoms. The Labute approximate surface area is 126 Å². The van der Waals surface area contributed by atoms with E-state index in [9.17, 15) is 14.9 Å². The summed E-state index contributed by atoms with van der Waals surface area (Å²) in [7, 11) is 0. The van der Waals surface area contributed by atoms with Crippen molar-refractivity contribution in [1.29, 1.82) is 0 Å². The fourth-order valence-electron chi connectivity index (χ4n) is 1.74. The average molecular weight is 344 g/mol. The van der Waals surface area contributed by atoms with Crippen LogP contribution in [0.3, 0.4) is 0 Å². The van der Waals surface area contributed by atoms with Gasteiger partial charge in [-0.3, -0.25) is 14.9 Å². The summed E-state index contributed by atoms with van der Waals surface area (Å²) in [5.74, 6) is -0.0847. The van der Waals surface area contributed by atoms with Crippen molar-refractivity contribution in [3.63, 3.8) is 0 Å². The molecule has 7 heteroatoms. The van der Waals surface area contributed by atoms with Crippen LogP contribution in [0.2, 0.25) is 0 Å². The monoisotopic (exact) mass is 343 g/mol. The highest BCUT2D eigenvalue weighted by Crippen LogP contribution is 2.27. The van der Waals surface area contributed by atoms with Gasteiger partial charge in [0.05, 0.1) is 9.40 Å². The fourth-order valence-corrected chi connectivity index (χ4v) is 2.26. The molecule has 0 aliphatic carbocycles. The van der Waals surface area contributed by atoms with E-state index in [0.717, 1.165) is 25.7 Å². The van der Waals surface area contributed by atoms with Crippen LogP contribution in [-0.4, -0.2) is 17.4 Å². The molecule has 0 aliphatic rings. The van der Waals surface area contributed by atoms with Crippen molar-refractivity contribution in [3.05, 3.63) is 32.8 Å². The van der Waals surface area contributed by atoms with E-state index in [2.05, 4.69) is 21.2 Å². The minimum absolute atomic E-state index is 0.0233. The van der Waals surface area contributed by atoms with E-state index in [-0.39, 0.29) is 11.6 Å². The Morgan fingerprint density at radius 1 is 1.30 bits per heavy atom. The molecule has 0 radical (unpaired) electrons. The van der Waals surface area contributed by atoms with Gasteiger partial charge in [-0.05, 0) is 47.4 Å². The maximum absolute atomic E-state index is 11.7. The van der Waals surface area contributed by atoms with Crippen molar-refractivity contribution in [2.45, 2.75) is 32.1 Å². The summed E-state index contributed by atoms with van der Waals surface area (Å²) in [6.45, 7) is 0.684. The van der Waals surface area contributed by atoms with Gasteiger partial charge in [-0.2, -0.15) is 0 Å². The first kappa shape index (κ1) is 16.6. The Kier molecular flexibility index (Phi) is 7.17. The van der Waals surface area contributed by atoms with E-state index >= 15 is 0 Å². The van der Waals surface area contributed by atoms with Crippen LogP contribution in [-0.2, 0) is 4.79 Å². The van der Waals surface area contributed by atoms with Gasteiger partial charge in [0, 0.05) is 18.2 Å². The molecule has 1 amide bonds. The molecule has 1 aromatic carbocycles. The molecule has 0 aromatic heterocycles. The Balaban J connectivity index is 2.42. The highest BCUT2D eigenvalue weighted by molar-refractivity contribution is 9.10. The van der Waals surface area contributed by atoms with Crippen LogP contribution in [0.15, 0.2) is 22.7 Å². The number of benzene rings is 1. The van der Waals surface area contributed by atoms with Crippen LogP contribution >= 0.6 is 15.9 Å². The number of hydrogen-bond donors (Lipinski definition) is 2. The summed E-state index contributed by atoms with van der Waals surface area (Å²) in [5.41, 5.74) is 5.92. The van der Waals surface area contributed by atoms with Gasteiger partial charge in [0.25, 0.3) is 5.69 Å². The van der Waals surface area contributed by atoms with E-state index in [4.69, 9.17) is 5.73 Å². The molecule has 0 aliphatic heterocycles. The minimum atomic E-state index is -0.479. The lowest BCUT2D eigenvalue weighted by Gasteiger charge is -2.06. The summed E-state index contributed by atoms with van der Waals surface area (Å²) in [6, 6.07) is 4.42. The number of carbonyl (C=O) groups excluding carboxylic acids is 1. The second-order valence-corrected chi connectivity index (χ2v) is 5.28. The largest absolute Gasteiger partial charge is 0.330 e. The number of unbranched alkanes of at least 4 members (excludes halogenated alkanes) is 3. The van der Waals surface area contributed by atoms with Gasteiger partial charge in [0.2, 0.25) is 5.91 Å². The second kappa shape index (κ2) is 8.65. The Morgan fingerprint density at radius 3 is 2.60 bits per heavy atom. The van der Waals surface area contributed by atoms with Gasteiger partial charge < -0.3 is 11.1 Å². The average Bonchev–Trinajstić information content (AvgIpc) is 2.38. The predicted octanol–water partition coefficient (Wildman–Crippen LogP) is 3.21. The summed E-state index contributed by atoms with van der Waals surface area (Å²) < 4.78 is 0.350. The highest BCUT2D eigenvalue weighted by atomic mass is 79.9. The quantitative estimate of drug-likeness (QED) is 0.430. The smallest absolute Gasteiger partial charge is 0.283 e. The maximum atomic E-state index is 11.7. The number of nitrogens with two attached hydrogens (primary N) is 1. The zero-order chi connectivity index (χ0) is 15.0. The Bertz CT molecular complexity index is 480. The summed E-state index contributed by atoms with van der Waals surface area (Å²) in [4.78, 5) is 21.9. The molecule has 0 fully saturated rings. The third-order valence-electron chi connectivity index (χ3n) is 2.79. The van der Waals surface area contributed by atoms with Gasteiger partial charge in [-0.15, -0.1) is 0 Å². The van der Waals surface area contributed by atoms with E-state index in [1.807, 2.05) is 0 Å². The van der Waals surface area contributed by atoms with E-state index < -0.39 is 4.92 Å². The van der Waals surface area contributed by atoms with E-state index in [1.54, 1.807) is 0 Å². The molecule has 3 N–H and O–H groups in total. The van der Waals surface area contributed by atoms with Crippen LogP contribution in [0.25, 0.3) is 0 Å². The zero-order valence-corrected chi connectivity index (χ0v) is 12.7. The number of carbonyl (C=O) groups is 1. The first-order valence-corrected chi connectivity index (χ1v) is 7.27. The van der Waals surface area contributed by atoms with Crippen LogP contribution in [0, 0.1) is 10.1 Å². The molecule has 0 spiro atoms. The number of halogens is 1. The first-order chi connectivity index (χ1) is 9.54. The van der Waals surface area contributed by atoms with E-state index in [0.29, 0.717) is 23.1 Å². The Hall–Kier alpha value is -1.47. The van der Waals surface area contributed by atoms with Crippen LogP contribution < -0.4 is 11.1 Å². The van der Waals surface area contributed by atoms with Gasteiger partial charge in [0.1, 0.15) is 0 Å². The third kappa shape index (κ3) is 5.66. The standard InChI is InChI=1S/C13H18BrN3O3/c14-11-9-10(6-7-12(11)17(19)20)16-13(18)5-3-1-2-4-8-15/h6-7,9H,1-5,8,15H2,(H,16,18). The van der Waals surface area contributed by atoms with Crippen molar-refractivity contribution in [3.8, 4) is 0 Å². The van der Waals surface area contributed by atoms with Crippen molar-refractivity contribution in [1.82, 2.24) is 0 Å². The molecule has 0 heterocycles. The molecule has 20 heavy (non-hydrogen) atoms. The number of nitro groups is 1. The molecule has 110 valence electrons. The molecule has 0 saturated heterocycles. The maximum Gasteiger partial charge on any atom is 0.283 e. The topological polar surface area (TPSA) is 98.3 Å². The molecule has 6 nitrogen and oxygen atoms in total. The number of hydrogen-bond acceptors (Lipinski definition) is 4. The normalized spacial score (nSPS) is 10.3.